The van der Waals surface area contributed by atoms with Crippen molar-refractivity contribution in [2.24, 2.45) is 0 Å². The van der Waals surface area contributed by atoms with Crippen molar-refractivity contribution < 1.29 is 24.3 Å². The first-order valence-corrected chi connectivity index (χ1v) is 4.13. The third-order valence-electron chi connectivity index (χ3n) is 0.837. The Bertz CT molecular complexity index is 209. The fraction of sp³-hybridized carbons (Fsp3) is 0.250. The second-order valence-corrected chi connectivity index (χ2v) is 3.18. The Morgan fingerprint density at radius 3 is 2.18 bits per heavy atom. The zero-order valence-corrected chi connectivity index (χ0v) is 6.44. The van der Waals surface area contributed by atoms with Crippen LogP contribution < -0.4 is 0 Å². The molecule has 0 saturated carbocycles. The van der Waals surface area contributed by atoms with Crippen LogP contribution in [0.5, 0.6) is 0 Å². The number of hydrogen-bond acceptors (Lipinski definition) is 2. The number of amides is 1. The molecule has 11 heavy (non-hydrogen) atoms. The van der Waals surface area contributed by atoms with Gasteiger partial charge in [0, 0.05) is 0 Å². The summed E-state index contributed by atoms with van der Waals surface area (Å²) >= 11 is 0. The van der Waals surface area contributed by atoms with E-state index in [9.17, 15) is 9.36 Å². The van der Waals surface area contributed by atoms with E-state index in [-0.39, 0.29) is 11.2 Å². The molecule has 0 rings (SSSR count). The second-order valence-electron chi connectivity index (χ2n) is 1.67. The summed E-state index contributed by atoms with van der Waals surface area (Å²) in [6.07, 6.45) is -0.578. The number of carboxylic acid groups (broad SMARTS) is 1. The van der Waals surface area contributed by atoms with Crippen molar-refractivity contribution in [2.75, 3.05) is 6.54 Å². The van der Waals surface area contributed by atoms with Gasteiger partial charge < -0.3 is 14.9 Å². The monoisotopic (exact) mass is 181 g/mol. The van der Waals surface area contributed by atoms with E-state index in [4.69, 9.17) is 14.9 Å². The van der Waals surface area contributed by atoms with Crippen LogP contribution in [0.4, 0.5) is 4.79 Å². The smallest absolute Gasteiger partial charge is 0.435 e. The lowest BCUT2D eigenvalue weighted by Crippen LogP contribution is -2.26. The molecule has 0 atom stereocenters. The van der Waals surface area contributed by atoms with Crippen LogP contribution in [0.2, 0.25) is 0 Å². The summed E-state index contributed by atoms with van der Waals surface area (Å²) in [5, 5.41) is 8.23. The first-order chi connectivity index (χ1) is 4.89. The normalized spacial score (nSPS) is 10.7. The SMILES string of the molecule is C=CCN(C(=O)O)P(=O)(O)O. The molecular formula is C4H8NO5P. The molecule has 6 nitrogen and oxygen atoms in total. The third kappa shape index (κ3) is 3.18. The molecule has 0 fully saturated rings. The zero-order chi connectivity index (χ0) is 9.07. The van der Waals surface area contributed by atoms with Crippen LogP contribution in [-0.2, 0) is 4.57 Å². The molecule has 0 radical (unpaired) electrons. The Morgan fingerprint density at radius 1 is 1.64 bits per heavy atom. The molecule has 0 aromatic rings. The number of nitrogens with zero attached hydrogens (tertiary/aromatic N) is 1. The van der Waals surface area contributed by atoms with Gasteiger partial charge in [-0.15, -0.1) is 6.58 Å². The highest BCUT2D eigenvalue weighted by Gasteiger charge is 2.28. The summed E-state index contributed by atoms with van der Waals surface area (Å²) < 4.78 is 10.4. The summed E-state index contributed by atoms with van der Waals surface area (Å²) in [5.41, 5.74) is 0. The van der Waals surface area contributed by atoms with E-state index in [2.05, 4.69) is 6.58 Å². The molecule has 0 aromatic heterocycles. The molecule has 64 valence electrons. The lowest BCUT2D eigenvalue weighted by molar-refractivity contribution is 0.164. The van der Waals surface area contributed by atoms with Gasteiger partial charge in [0.15, 0.2) is 0 Å². The number of carbonyl (C=O) groups is 1. The van der Waals surface area contributed by atoms with Crippen molar-refractivity contribution >= 4 is 13.8 Å². The zero-order valence-electron chi connectivity index (χ0n) is 5.54. The van der Waals surface area contributed by atoms with Gasteiger partial charge in [0.1, 0.15) is 0 Å². The lowest BCUT2D eigenvalue weighted by Gasteiger charge is -2.17. The fourth-order valence-electron chi connectivity index (χ4n) is 0.418. The third-order valence-corrected chi connectivity index (χ3v) is 1.80. The minimum atomic E-state index is -4.69. The molecule has 0 saturated heterocycles. The topological polar surface area (TPSA) is 98.1 Å². The Hall–Kier alpha value is -0.840. The van der Waals surface area contributed by atoms with E-state index < -0.39 is 13.8 Å². The number of hydrogen-bond donors (Lipinski definition) is 3. The molecule has 0 aliphatic heterocycles. The molecule has 0 spiro atoms. The molecular weight excluding hydrogens is 173 g/mol. The average molecular weight is 181 g/mol. The number of rotatable bonds is 3. The molecule has 0 aliphatic rings. The summed E-state index contributed by atoms with van der Waals surface area (Å²) in [4.78, 5) is 26.9. The predicted octanol–water partition coefficient (Wildman–Crippen LogP) is 0.245. The summed E-state index contributed by atoms with van der Waals surface area (Å²) in [6, 6.07) is 0. The highest BCUT2D eigenvalue weighted by atomic mass is 31.2. The molecule has 0 unspecified atom stereocenters. The maximum atomic E-state index is 10.4. The van der Waals surface area contributed by atoms with Crippen LogP contribution in [0.25, 0.3) is 0 Å². The molecule has 3 N–H and O–H groups in total. The molecule has 0 aliphatic carbocycles. The van der Waals surface area contributed by atoms with Gasteiger partial charge >= 0.3 is 13.8 Å². The highest BCUT2D eigenvalue weighted by Crippen LogP contribution is 2.39. The van der Waals surface area contributed by atoms with Gasteiger partial charge in [-0.3, -0.25) is 0 Å². The van der Waals surface area contributed by atoms with Crippen LogP contribution in [0.3, 0.4) is 0 Å². The quantitative estimate of drug-likeness (QED) is 0.428. The van der Waals surface area contributed by atoms with E-state index in [1.165, 1.54) is 0 Å². The van der Waals surface area contributed by atoms with Gasteiger partial charge in [-0.2, -0.15) is 0 Å². The Labute approximate surface area is 63.0 Å². The molecule has 0 heterocycles. The first kappa shape index (κ1) is 10.2. The standard InChI is InChI=1S/C4H8NO5P/c1-2-3-5(4(6)7)11(8,9)10/h2H,1,3H2,(H,6,7)(H2,8,9,10). The van der Waals surface area contributed by atoms with Crippen LogP contribution in [0.1, 0.15) is 0 Å². The molecule has 0 aromatic carbocycles. The largest absolute Gasteiger partial charge is 0.465 e. The Morgan fingerprint density at radius 2 is 2.09 bits per heavy atom. The minimum absolute atomic E-state index is 0. The Kier molecular flexibility index (Phi) is 3.25. The van der Waals surface area contributed by atoms with Crippen LogP contribution in [0, 0.1) is 0 Å². The molecule has 0 bridgehead atoms. The highest BCUT2D eigenvalue weighted by molar-refractivity contribution is 7.49. The van der Waals surface area contributed by atoms with Crippen molar-refractivity contribution in [1.82, 2.24) is 4.67 Å². The van der Waals surface area contributed by atoms with E-state index in [1.807, 2.05) is 0 Å². The van der Waals surface area contributed by atoms with Gasteiger partial charge in [0.05, 0.1) is 6.54 Å². The fourth-order valence-corrected chi connectivity index (χ4v) is 0.969. The van der Waals surface area contributed by atoms with Crippen molar-refractivity contribution in [3.05, 3.63) is 12.7 Å². The minimum Gasteiger partial charge on any atom is -0.465 e. The van der Waals surface area contributed by atoms with Crippen molar-refractivity contribution in [2.45, 2.75) is 0 Å². The molecule has 1 amide bonds. The summed E-state index contributed by atoms with van der Waals surface area (Å²) in [5.74, 6) is 0. The van der Waals surface area contributed by atoms with Crippen molar-refractivity contribution in [1.29, 1.82) is 0 Å². The first-order valence-electron chi connectivity index (χ1n) is 2.57. The van der Waals surface area contributed by atoms with Gasteiger partial charge in [-0.05, 0) is 0 Å². The lowest BCUT2D eigenvalue weighted by atomic mass is 10.6. The van der Waals surface area contributed by atoms with Crippen LogP contribution in [0.15, 0.2) is 12.7 Å². The maximum absolute atomic E-state index is 10.4. The van der Waals surface area contributed by atoms with Gasteiger partial charge in [0.2, 0.25) is 0 Å². The van der Waals surface area contributed by atoms with Gasteiger partial charge in [-0.25, -0.2) is 14.0 Å². The van der Waals surface area contributed by atoms with E-state index in [1.54, 1.807) is 0 Å². The van der Waals surface area contributed by atoms with Crippen LogP contribution in [-0.4, -0.2) is 32.2 Å². The van der Waals surface area contributed by atoms with E-state index >= 15 is 0 Å². The average Bonchev–Trinajstić information content (AvgIpc) is 1.79. The van der Waals surface area contributed by atoms with E-state index in [0.29, 0.717) is 0 Å². The van der Waals surface area contributed by atoms with Crippen LogP contribution >= 0.6 is 7.75 Å². The maximum Gasteiger partial charge on any atom is 0.435 e. The summed E-state index contributed by atoms with van der Waals surface area (Å²) in [7, 11) is -4.69. The molecule has 7 heteroatoms. The van der Waals surface area contributed by atoms with Crippen molar-refractivity contribution in [3.63, 3.8) is 0 Å². The van der Waals surface area contributed by atoms with E-state index in [0.717, 1.165) is 6.08 Å². The van der Waals surface area contributed by atoms with Gasteiger partial charge in [-0.1, -0.05) is 6.08 Å². The Balaban J connectivity index is 4.47. The summed E-state index contributed by atoms with van der Waals surface area (Å²) in [6.45, 7) is 2.76. The van der Waals surface area contributed by atoms with Gasteiger partial charge in [0.25, 0.3) is 0 Å². The predicted molar refractivity (Wildman–Crippen MR) is 37.0 cm³/mol. The van der Waals surface area contributed by atoms with Crippen molar-refractivity contribution in [3.8, 4) is 0 Å². The second kappa shape index (κ2) is 3.52.